The first-order valence-electron chi connectivity index (χ1n) is 13.4. The van der Waals surface area contributed by atoms with E-state index in [1.165, 1.54) is 30.2 Å². The predicted octanol–water partition coefficient (Wildman–Crippen LogP) is 2.46. The van der Waals surface area contributed by atoms with Gasteiger partial charge in [-0.3, -0.25) is 14.5 Å². The Bertz CT molecular complexity index is 1690. The highest BCUT2D eigenvalue weighted by Gasteiger charge is 2.38. The van der Waals surface area contributed by atoms with Crippen LogP contribution in [-0.2, 0) is 9.53 Å². The number of aromatic nitrogens is 2. The zero-order chi connectivity index (χ0) is 29.9. The molecule has 0 radical (unpaired) electrons. The number of benzene rings is 1. The molecule has 2 aromatic heterocycles. The van der Waals surface area contributed by atoms with Crippen LogP contribution < -0.4 is 25.7 Å². The summed E-state index contributed by atoms with van der Waals surface area (Å²) in [6.07, 6.45) is 1.33. The van der Waals surface area contributed by atoms with Gasteiger partial charge >= 0.3 is 12.1 Å². The van der Waals surface area contributed by atoms with Gasteiger partial charge in [0.25, 0.3) is 0 Å². The number of carboxylic acids is 1. The summed E-state index contributed by atoms with van der Waals surface area (Å²) in [5, 5.41) is 9.32. The van der Waals surface area contributed by atoms with Crippen LogP contribution in [0.4, 0.5) is 25.1 Å². The van der Waals surface area contributed by atoms with Gasteiger partial charge in [-0.2, -0.15) is 0 Å². The molecule has 0 spiro atoms. The van der Waals surface area contributed by atoms with Crippen molar-refractivity contribution < 1.29 is 37.7 Å². The van der Waals surface area contributed by atoms with Crippen molar-refractivity contribution in [2.24, 2.45) is 11.7 Å². The Balaban J connectivity index is 1.11. The number of Topliss-reactive ketones (excluding diaryl/α,β-unsaturated/α-hetero) is 1. The quantitative estimate of drug-likeness (QED) is 0.383. The number of halogens is 2. The predicted molar refractivity (Wildman–Crippen MR) is 145 cm³/mol. The molecule has 2 saturated heterocycles. The topological polar surface area (TPSA) is 157 Å². The van der Waals surface area contributed by atoms with E-state index in [1.54, 1.807) is 9.47 Å². The van der Waals surface area contributed by atoms with Gasteiger partial charge in [0.15, 0.2) is 23.2 Å². The molecule has 3 N–H and O–H groups in total. The number of ether oxygens (including phenoxy) is 2. The van der Waals surface area contributed by atoms with E-state index in [2.05, 4.69) is 4.98 Å². The van der Waals surface area contributed by atoms with Crippen LogP contribution in [0, 0.1) is 17.6 Å². The fourth-order valence-electron chi connectivity index (χ4n) is 5.22. The Hall–Kier alpha value is -4.59. The van der Waals surface area contributed by atoms with Gasteiger partial charge in [0.2, 0.25) is 5.43 Å². The van der Waals surface area contributed by atoms with E-state index in [9.17, 15) is 28.7 Å². The molecule has 0 bridgehead atoms. The van der Waals surface area contributed by atoms with E-state index < -0.39 is 46.8 Å². The molecule has 1 saturated carbocycles. The van der Waals surface area contributed by atoms with Gasteiger partial charge in [-0.15, -0.1) is 0 Å². The summed E-state index contributed by atoms with van der Waals surface area (Å²) in [6, 6.07) is 4.09. The van der Waals surface area contributed by atoms with Crippen LogP contribution in [0.25, 0.3) is 11.0 Å². The van der Waals surface area contributed by atoms with Crippen LogP contribution in [0.3, 0.4) is 0 Å². The Kier molecular flexibility index (Phi) is 6.80. The minimum absolute atomic E-state index is 0.00602. The van der Waals surface area contributed by atoms with Gasteiger partial charge in [0.1, 0.15) is 29.1 Å². The first kappa shape index (κ1) is 27.6. The molecular weight excluding hydrogens is 556 g/mol. The maximum Gasteiger partial charge on any atom is 0.414 e. The molecule has 6 rings (SSSR count). The maximum atomic E-state index is 15.0. The lowest BCUT2D eigenvalue weighted by atomic mass is 10.0. The molecule has 14 heteroatoms. The average molecular weight is 584 g/mol. The largest absolute Gasteiger partial charge is 0.490 e. The second kappa shape index (κ2) is 10.4. The zero-order valence-corrected chi connectivity index (χ0v) is 22.5. The lowest BCUT2D eigenvalue weighted by Gasteiger charge is -2.40. The number of rotatable bonds is 9. The van der Waals surface area contributed by atoms with Crippen LogP contribution in [0.15, 0.2) is 35.3 Å². The summed E-state index contributed by atoms with van der Waals surface area (Å²) < 4.78 is 42.3. The van der Waals surface area contributed by atoms with Gasteiger partial charge in [0, 0.05) is 37.3 Å². The molecule has 2 aliphatic heterocycles. The molecule has 42 heavy (non-hydrogen) atoms. The van der Waals surface area contributed by atoms with E-state index in [1.807, 2.05) is 0 Å². The van der Waals surface area contributed by atoms with Crippen molar-refractivity contribution >= 4 is 40.4 Å². The number of aromatic carboxylic acids is 1. The van der Waals surface area contributed by atoms with Crippen LogP contribution in [-0.4, -0.2) is 70.9 Å². The van der Waals surface area contributed by atoms with Crippen molar-refractivity contribution in [3.8, 4) is 5.75 Å². The summed E-state index contributed by atoms with van der Waals surface area (Å²) in [7, 11) is 0. The third-order valence-electron chi connectivity index (χ3n) is 7.77. The number of hydrogen-bond acceptors (Lipinski definition) is 9. The second-order valence-corrected chi connectivity index (χ2v) is 10.8. The number of carbonyl (C=O) groups excluding carboxylic acids is 2. The van der Waals surface area contributed by atoms with Gasteiger partial charge in [-0.05, 0) is 38.0 Å². The van der Waals surface area contributed by atoms with Gasteiger partial charge in [-0.1, -0.05) is 0 Å². The van der Waals surface area contributed by atoms with E-state index in [0.29, 0.717) is 13.1 Å². The molecule has 2 atom stereocenters. The summed E-state index contributed by atoms with van der Waals surface area (Å²) in [5.41, 5.74) is 5.04. The summed E-state index contributed by atoms with van der Waals surface area (Å²) in [4.78, 5) is 55.2. The Morgan fingerprint density at radius 2 is 1.90 bits per heavy atom. The number of hydrogen-bond donors (Lipinski definition) is 2. The third-order valence-corrected chi connectivity index (χ3v) is 7.77. The SMILES string of the molecule is CC(=O)C(N)C1CN(c2ccc(OCC3CN(c4nc5c(cc4F)c(=O)c(C(=O)O)cn5C4CC4)C3)c(F)c2)C(=O)O1. The smallest absolute Gasteiger partial charge is 0.414 e. The maximum absolute atomic E-state index is 15.0. The highest BCUT2D eigenvalue weighted by Crippen LogP contribution is 2.38. The molecule has 4 heterocycles. The number of cyclic esters (lactones) is 1. The van der Waals surface area contributed by atoms with Crippen molar-refractivity contribution in [1.29, 1.82) is 0 Å². The van der Waals surface area contributed by atoms with Crippen LogP contribution in [0.1, 0.15) is 36.2 Å². The van der Waals surface area contributed by atoms with Crippen molar-refractivity contribution in [3.05, 3.63) is 57.9 Å². The lowest BCUT2D eigenvalue weighted by molar-refractivity contribution is -0.120. The third kappa shape index (κ3) is 4.91. The van der Waals surface area contributed by atoms with Gasteiger partial charge in [0.05, 0.1) is 24.2 Å². The minimum atomic E-state index is -1.38. The van der Waals surface area contributed by atoms with Crippen molar-refractivity contribution in [3.63, 3.8) is 0 Å². The molecule has 3 aromatic rings. The highest BCUT2D eigenvalue weighted by molar-refractivity contribution is 5.92. The first-order chi connectivity index (χ1) is 20.0. The van der Waals surface area contributed by atoms with Crippen LogP contribution in [0.2, 0.25) is 0 Å². The molecule has 1 amide bonds. The fraction of sp³-hybridized carbons (Fsp3) is 0.393. The normalized spacial score (nSPS) is 19.5. The van der Waals surface area contributed by atoms with Gasteiger partial charge in [-0.25, -0.2) is 23.4 Å². The molecule has 220 valence electrons. The minimum Gasteiger partial charge on any atom is -0.490 e. The molecule has 3 fully saturated rings. The highest BCUT2D eigenvalue weighted by atomic mass is 19.1. The Morgan fingerprint density at radius 3 is 2.55 bits per heavy atom. The lowest BCUT2D eigenvalue weighted by Crippen LogP contribution is -2.50. The average Bonchev–Trinajstić information content (AvgIpc) is 3.69. The van der Waals surface area contributed by atoms with Gasteiger partial charge < -0.3 is 29.8 Å². The molecular formula is C28H27F2N5O7. The molecule has 3 aliphatic rings. The Labute approximate surface area is 237 Å². The van der Waals surface area contributed by atoms with E-state index in [0.717, 1.165) is 25.0 Å². The van der Waals surface area contributed by atoms with Crippen molar-refractivity contribution in [2.75, 3.05) is 36.0 Å². The van der Waals surface area contributed by atoms with Crippen molar-refractivity contribution in [1.82, 2.24) is 9.55 Å². The fourth-order valence-corrected chi connectivity index (χ4v) is 5.22. The number of pyridine rings is 2. The van der Waals surface area contributed by atoms with E-state index in [4.69, 9.17) is 15.2 Å². The zero-order valence-electron chi connectivity index (χ0n) is 22.5. The van der Waals surface area contributed by atoms with E-state index in [-0.39, 0.29) is 59.2 Å². The van der Waals surface area contributed by atoms with Crippen LogP contribution >= 0.6 is 0 Å². The number of carboxylic acid groups (broad SMARTS) is 1. The number of carbonyl (C=O) groups is 3. The molecule has 12 nitrogen and oxygen atoms in total. The number of anilines is 2. The number of amides is 1. The molecule has 2 unspecified atom stereocenters. The summed E-state index contributed by atoms with van der Waals surface area (Å²) in [5.74, 6) is -3.19. The number of fused-ring (bicyclic) bond motifs is 1. The molecule has 1 aliphatic carbocycles. The van der Waals surface area contributed by atoms with Crippen LogP contribution in [0.5, 0.6) is 5.75 Å². The summed E-state index contributed by atoms with van der Waals surface area (Å²) in [6.45, 7) is 2.18. The monoisotopic (exact) mass is 583 g/mol. The second-order valence-electron chi connectivity index (χ2n) is 10.8. The number of nitrogens with zero attached hydrogens (tertiary/aromatic N) is 4. The standard InChI is InChI=1S/C28H27F2N5O7/c1-13(36)23(31)22-11-35(28(40)42-22)16-4-5-21(19(29)6-16)41-12-14-8-33(9-14)26-20(30)7-17-24(37)18(27(38)39)10-34(15-2-3-15)25(17)32-26/h4-7,10,14-15,22-23H,2-3,8-9,11-12,31H2,1H3,(H,38,39). The Morgan fingerprint density at radius 1 is 1.17 bits per heavy atom. The van der Waals surface area contributed by atoms with E-state index >= 15 is 4.39 Å². The number of ketones is 1. The molecule has 1 aromatic carbocycles. The van der Waals surface area contributed by atoms with Crippen molar-refractivity contribution in [2.45, 2.75) is 38.0 Å². The summed E-state index contributed by atoms with van der Waals surface area (Å²) >= 11 is 0. The number of nitrogens with two attached hydrogens (primary N) is 1. The first-order valence-corrected chi connectivity index (χ1v) is 13.4.